The normalized spacial score (nSPS) is 11.9. The number of amides is 2. The molecular weight excluding hydrogens is 367 g/mol. The molecule has 2 rings (SSSR count). The molecule has 1 heterocycles. The largest absolute Gasteiger partial charge is 0.383 e. The molecule has 1 aromatic carbocycles. The van der Waals surface area contributed by atoms with Crippen molar-refractivity contribution in [2.75, 3.05) is 19.0 Å². The number of carbonyl (C=O) groups is 2. The van der Waals surface area contributed by atoms with Crippen LogP contribution in [0, 0.1) is 12.7 Å². The van der Waals surface area contributed by atoms with Crippen molar-refractivity contribution < 1.29 is 18.7 Å². The average molecular weight is 385 g/mol. The molecule has 0 aliphatic carbocycles. The molecule has 0 bridgehead atoms. The first kappa shape index (κ1) is 19.4. The van der Waals surface area contributed by atoms with E-state index in [1.165, 1.54) is 6.07 Å². The summed E-state index contributed by atoms with van der Waals surface area (Å²) in [6, 6.07) is 5.13. The zero-order valence-electron chi connectivity index (χ0n) is 14.0. The van der Waals surface area contributed by atoms with E-state index in [4.69, 9.17) is 16.3 Å². The molecule has 5 nitrogen and oxygen atoms in total. The lowest BCUT2D eigenvalue weighted by Gasteiger charge is -2.12. The van der Waals surface area contributed by atoms with Crippen LogP contribution >= 0.6 is 22.9 Å². The van der Waals surface area contributed by atoms with Gasteiger partial charge in [-0.15, -0.1) is 11.3 Å². The Bertz CT molecular complexity index is 794. The number of hydrogen-bond acceptors (Lipinski definition) is 4. The molecule has 8 heteroatoms. The molecule has 2 aromatic rings. The minimum Gasteiger partial charge on any atom is -0.383 e. The third kappa shape index (κ3) is 5.01. The number of nitrogens with one attached hydrogen (secondary N) is 2. The Morgan fingerprint density at radius 3 is 2.68 bits per heavy atom. The molecule has 0 fully saturated rings. The van der Waals surface area contributed by atoms with Crippen LogP contribution in [-0.2, 0) is 4.74 Å². The number of aryl methyl sites for hydroxylation is 1. The quantitative estimate of drug-likeness (QED) is 0.794. The Morgan fingerprint density at radius 1 is 1.32 bits per heavy atom. The maximum absolute atomic E-state index is 13.1. The highest BCUT2D eigenvalue weighted by molar-refractivity contribution is 7.18. The predicted molar refractivity (Wildman–Crippen MR) is 97.2 cm³/mol. The summed E-state index contributed by atoms with van der Waals surface area (Å²) in [4.78, 5) is 25.1. The number of rotatable bonds is 6. The maximum Gasteiger partial charge on any atom is 0.261 e. The Labute approximate surface area is 154 Å². The lowest BCUT2D eigenvalue weighted by molar-refractivity contribution is 0.0908. The lowest BCUT2D eigenvalue weighted by atomic mass is 10.2. The van der Waals surface area contributed by atoms with Crippen molar-refractivity contribution in [3.05, 3.63) is 51.1 Å². The topological polar surface area (TPSA) is 67.4 Å². The van der Waals surface area contributed by atoms with Crippen LogP contribution in [0.2, 0.25) is 5.02 Å². The summed E-state index contributed by atoms with van der Waals surface area (Å²) in [7, 11) is 1.56. The molecule has 1 atom stereocenters. The van der Waals surface area contributed by atoms with Crippen molar-refractivity contribution >= 4 is 39.8 Å². The molecule has 0 unspecified atom stereocenters. The highest BCUT2D eigenvalue weighted by Crippen LogP contribution is 2.28. The van der Waals surface area contributed by atoms with Gasteiger partial charge in [-0.25, -0.2) is 4.39 Å². The summed E-state index contributed by atoms with van der Waals surface area (Å²) >= 11 is 7.05. The van der Waals surface area contributed by atoms with Gasteiger partial charge in [0.25, 0.3) is 11.8 Å². The van der Waals surface area contributed by atoms with E-state index < -0.39 is 11.7 Å². The van der Waals surface area contributed by atoms with Crippen molar-refractivity contribution in [3.63, 3.8) is 0 Å². The van der Waals surface area contributed by atoms with E-state index >= 15 is 0 Å². The van der Waals surface area contributed by atoms with E-state index in [0.717, 1.165) is 29.0 Å². The highest BCUT2D eigenvalue weighted by atomic mass is 35.5. The van der Waals surface area contributed by atoms with Crippen molar-refractivity contribution in [1.29, 1.82) is 0 Å². The third-order valence-corrected chi connectivity index (χ3v) is 4.79. The van der Waals surface area contributed by atoms with Crippen molar-refractivity contribution in [1.82, 2.24) is 5.32 Å². The fraction of sp³-hybridized carbons (Fsp3) is 0.294. The van der Waals surface area contributed by atoms with Gasteiger partial charge in [-0.1, -0.05) is 11.6 Å². The zero-order valence-corrected chi connectivity index (χ0v) is 15.6. The first-order valence-corrected chi connectivity index (χ1v) is 8.68. The molecule has 0 aliphatic rings. The van der Waals surface area contributed by atoms with E-state index in [-0.39, 0.29) is 22.5 Å². The molecule has 0 radical (unpaired) electrons. The van der Waals surface area contributed by atoms with Crippen LogP contribution in [0.15, 0.2) is 24.3 Å². The molecule has 2 amide bonds. The van der Waals surface area contributed by atoms with Crippen molar-refractivity contribution in [2.24, 2.45) is 0 Å². The first-order valence-electron chi connectivity index (χ1n) is 7.48. The van der Waals surface area contributed by atoms with Gasteiger partial charge in [0, 0.05) is 13.2 Å². The molecule has 134 valence electrons. The van der Waals surface area contributed by atoms with E-state index in [2.05, 4.69) is 10.6 Å². The first-order chi connectivity index (χ1) is 11.8. The number of halogens is 2. The summed E-state index contributed by atoms with van der Waals surface area (Å²) in [6.45, 7) is 4.03. The molecule has 2 N–H and O–H groups in total. The lowest BCUT2D eigenvalue weighted by Crippen LogP contribution is -2.35. The van der Waals surface area contributed by atoms with Gasteiger partial charge in [0.05, 0.1) is 27.1 Å². The average Bonchev–Trinajstić information content (AvgIpc) is 2.87. The summed E-state index contributed by atoms with van der Waals surface area (Å²) in [5.41, 5.74) is 0.904. The second-order valence-corrected chi connectivity index (χ2v) is 6.99. The van der Waals surface area contributed by atoms with Gasteiger partial charge in [0.2, 0.25) is 0 Å². The summed E-state index contributed by atoms with van der Waals surface area (Å²) in [6.07, 6.45) is 0. The molecule has 1 aromatic heterocycles. The fourth-order valence-electron chi connectivity index (χ4n) is 2.20. The summed E-state index contributed by atoms with van der Waals surface area (Å²) < 4.78 is 18.1. The molecule has 0 saturated heterocycles. The smallest absolute Gasteiger partial charge is 0.261 e. The predicted octanol–water partition coefficient (Wildman–Crippen LogP) is 3.87. The van der Waals surface area contributed by atoms with Crippen molar-refractivity contribution in [2.45, 2.75) is 19.9 Å². The standard InChI is InChI=1S/C17H18ClFN2O3S/c1-9-6-14(25-15(9)17(23)20-10(2)8-24-3)21-16(22)12-5-4-11(19)7-13(12)18/h4-7,10H,8H2,1-3H3,(H,20,23)(H,21,22)/t10-/m1/s1. The van der Waals surface area contributed by atoms with Gasteiger partial charge in [0.1, 0.15) is 5.82 Å². The Morgan fingerprint density at radius 2 is 2.04 bits per heavy atom. The van der Waals surface area contributed by atoms with Gasteiger partial charge in [0.15, 0.2) is 0 Å². The van der Waals surface area contributed by atoms with E-state index in [1.54, 1.807) is 20.1 Å². The number of ether oxygens (including phenoxy) is 1. The van der Waals surface area contributed by atoms with E-state index in [0.29, 0.717) is 16.5 Å². The van der Waals surface area contributed by atoms with Gasteiger partial charge in [-0.05, 0) is 43.7 Å². The summed E-state index contributed by atoms with van der Waals surface area (Å²) in [5.74, 6) is -1.21. The van der Waals surface area contributed by atoms with Crippen LogP contribution in [0.3, 0.4) is 0 Å². The molecule has 0 aliphatic heterocycles. The van der Waals surface area contributed by atoms with Crippen LogP contribution < -0.4 is 10.6 Å². The van der Waals surface area contributed by atoms with Gasteiger partial charge in [-0.3, -0.25) is 9.59 Å². The van der Waals surface area contributed by atoms with Crippen LogP contribution in [-0.4, -0.2) is 31.6 Å². The Hall–Kier alpha value is -1.96. The molecule has 0 saturated carbocycles. The number of benzene rings is 1. The molecule has 0 spiro atoms. The van der Waals surface area contributed by atoms with Crippen LogP contribution in [0.25, 0.3) is 0 Å². The second-order valence-electron chi connectivity index (χ2n) is 5.53. The minimum absolute atomic E-state index is 0.0251. The van der Waals surface area contributed by atoms with E-state index in [9.17, 15) is 14.0 Å². The fourth-order valence-corrected chi connectivity index (χ4v) is 3.43. The SMILES string of the molecule is COC[C@@H](C)NC(=O)c1sc(NC(=O)c2ccc(F)cc2Cl)cc1C. The Kier molecular flexibility index (Phi) is 6.52. The highest BCUT2D eigenvalue weighted by Gasteiger charge is 2.18. The van der Waals surface area contributed by atoms with Crippen LogP contribution in [0.4, 0.5) is 9.39 Å². The molecule has 25 heavy (non-hydrogen) atoms. The van der Waals surface area contributed by atoms with Crippen LogP contribution in [0.5, 0.6) is 0 Å². The number of anilines is 1. The van der Waals surface area contributed by atoms with Crippen LogP contribution in [0.1, 0.15) is 32.5 Å². The van der Waals surface area contributed by atoms with E-state index in [1.807, 2.05) is 6.92 Å². The maximum atomic E-state index is 13.1. The second kappa shape index (κ2) is 8.42. The number of carbonyl (C=O) groups excluding carboxylic acids is 2. The van der Waals surface area contributed by atoms with Gasteiger partial charge in [-0.2, -0.15) is 0 Å². The number of thiophene rings is 1. The molecular formula is C17H18ClFN2O3S. The van der Waals surface area contributed by atoms with Crippen molar-refractivity contribution in [3.8, 4) is 0 Å². The summed E-state index contributed by atoms with van der Waals surface area (Å²) in [5, 5.41) is 6.04. The van der Waals surface area contributed by atoms with Gasteiger partial charge < -0.3 is 15.4 Å². The Balaban J connectivity index is 2.11. The zero-order chi connectivity index (χ0) is 18.6. The monoisotopic (exact) mass is 384 g/mol. The van der Waals surface area contributed by atoms with Gasteiger partial charge >= 0.3 is 0 Å². The minimum atomic E-state index is -0.516. The third-order valence-electron chi connectivity index (χ3n) is 3.33. The number of methoxy groups -OCH3 is 1. The number of hydrogen-bond donors (Lipinski definition) is 2.